The van der Waals surface area contributed by atoms with Crippen LogP contribution in [0.5, 0.6) is 0 Å². The van der Waals surface area contributed by atoms with E-state index in [2.05, 4.69) is 47.1 Å². The zero-order valence-corrected chi connectivity index (χ0v) is 16.4. The van der Waals surface area contributed by atoms with Gasteiger partial charge in [0, 0.05) is 13.1 Å². The molecule has 12 heteroatoms. The molecule has 1 fully saturated rings. The maximum absolute atomic E-state index is 14.0. The highest BCUT2D eigenvalue weighted by Crippen LogP contribution is 2.24. The average Bonchev–Trinajstić information content (AvgIpc) is 3.24. The molecule has 0 unspecified atom stereocenters. The first-order chi connectivity index (χ1) is 13.9. The van der Waals surface area contributed by atoms with E-state index < -0.39 is 15.8 Å². The lowest BCUT2D eigenvalue weighted by molar-refractivity contribution is 0.434. The predicted molar refractivity (Wildman–Crippen MR) is 103 cm³/mol. The van der Waals surface area contributed by atoms with Crippen molar-refractivity contribution in [3.05, 3.63) is 36.4 Å². The number of aromatic nitrogens is 6. The van der Waals surface area contributed by atoms with E-state index in [0.717, 1.165) is 44.1 Å². The summed E-state index contributed by atoms with van der Waals surface area (Å²) in [6.45, 7) is 3.97. The molecule has 4 rings (SSSR count). The van der Waals surface area contributed by atoms with Gasteiger partial charge in [0.25, 0.3) is 10.0 Å². The van der Waals surface area contributed by atoms with Gasteiger partial charge in [0.1, 0.15) is 5.82 Å². The molecule has 1 aromatic carbocycles. The second-order valence-electron chi connectivity index (χ2n) is 6.92. The quantitative estimate of drug-likeness (QED) is 0.642. The van der Waals surface area contributed by atoms with E-state index in [1.807, 2.05) is 0 Å². The molecule has 1 aliphatic rings. The highest BCUT2D eigenvalue weighted by atomic mass is 32.2. The number of nitrogens with one attached hydrogen (secondary N) is 2. The van der Waals surface area contributed by atoms with E-state index >= 15 is 0 Å². The summed E-state index contributed by atoms with van der Waals surface area (Å²) in [5.41, 5.74) is 0.136. The molecule has 0 saturated carbocycles. The normalized spacial score (nSPS) is 15.4. The number of piperidine rings is 1. The van der Waals surface area contributed by atoms with Crippen molar-refractivity contribution >= 4 is 21.7 Å². The Bertz CT molecular complexity index is 1080. The first kappa shape index (κ1) is 19.2. The third kappa shape index (κ3) is 4.16. The molecule has 3 heterocycles. The Hall–Kier alpha value is -3.15. The largest absolute Gasteiger partial charge is 0.341 e. The molecule has 0 spiro atoms. The summed E-state index contributed by atoms with van der Waals surface area (Å²) in [5.74, 6) is 0.559. The summed E-state index contributed by atoms with van der Waals surface area (Å²) in [6, 6.07) is 3.34. The molecule has 1 saturated heterocycles. The summed E-state index contributed by atoms with van der Waals surface area (Å²) >= 11 is 0. The minimum atomic E-state index is -3.99. The van der Waals surface area contributed by atoms with Gasteiger partial charge in [-0.25, -0.2) is 22.8 Å². The highest BCUT2D eigenvalue weighted by Gasteiger charge is 2.21. The summed E-state index contributed by atoms with van der Waals surface area (Å²) in [6.07, 6.45) is 4.99. The fraction of sp³-hybridized carbons (Fsp3) is 0.353. The summed E-state index contributed by atoms with van der Waals surface area (Å²) in [5, 5.41) is 12.9. The minimum absolute atomic E-state index is 0.0388. The second-order valence-corrected chi connectivity index (χ2v) is 8.61. The third-order valence-corrected chi connectivity index (χ3v) is 6.17. The molecule has 2 aromatic heterocycles. The summed E-state index contributed by atoms with van der Waals surface area (Å²) in [4.78, 5) is 10.5. The molecule has 152 valence electrons. The molecule has 2 N–H and O–H groups in total. The SMILES string of the molecule is CC1CCN(c2ncc(NS(=O)(=O)c3ccc(F)c(-c4nn[nH]n4)c3)cn2)CC1. The number of nitrogens with zero attached hydrogens (tertiary/aromatic N) is 6. The fourth-order valence-corrected chi connectivity index (χ4v) is 4.13. The van der Waals surface area contributed by atoms with E-state index in [9.17, 15) is 12.8 Å². The number of sulfonamides is 1. The maximum Gasteiger partial charge on any atom is 0.262 e. The van der Waals surface area contributed by atoms with Crippen LogP contribution in [0.4, 0.5) is 16.0 Å². The standard InChI is InChI=1S/C17H19FN8O2S/c1-11-4-6-26(7-5-11)17-19-9-12(10-20-17)23-29(27,28)13-2-3-15(18)14(8-13)16-21-24-25-22-16/h2-3,8-11,23H,4-7H2,1H3,(H,21,22,24,25). The van der Waals surface area contributed by atoms with E-state index in [-0.39, 0.29) is 22.0 Å². The number of halogens is 1. The van der Waals surface area contributed by atoms with Crippen LogP contribution < -0.4 is 9.62 Å². The Morgan fingerprint density at radius 1 is 1.21 bits per heavy atom. The van der Waals surface area contributed by atoms with E-state index in [1.165, 1.54) is 12.4 Å². The van der Waals surface area contributed by atoms with Crippen molar-refractivity contribution in [2.24, 2.45) is 5.92 Å². The Morgan fingerprint density at radius 3 is 2.59 bits per heavy atom. The lowest BCUT2D eigenvalue weighted by atomic mass is 10.00. The molecular formula is C17H19FN8O2S. The molecule has 0 aliphatic carbocycles. The van der Waals surface area contributed by atoms with E-state index in [4.69, 9.17) is 0 Å². The Labute approximate surface area is 166 Å². The van der Waals surface area contributed by atoms with Gasteiger partial charge >= 0.3 is 0 Å². The van der Waals surface area contributed by atoms with Crippen LogP contribution in [0.2, 0.25) is 0 Å². The van der Waals surface area contributed by atoms with Gasteiger partial charge in [-0.05, 0) is 42.2 Å². The number of tetrazole rings is 1. The van der Waals surface area contributed by atoms with Crippen molar-refractivity contribution in [2.45, 2.75) is 24.7 Å². The molecule has 0 bridgehead atoms. The van der Waals surface area contributed by atoms with Crippen LogP contribution in [-0.4, -0.2) is 52.1 Å². The van der Waals surface area contributed by atoms with Gasteiger partial charge in [0.15, 0.2) is 0 Å². The maximum atomic E-state index is 14.0. The van der Waals surface area contributed by atoms with Crippen molar-refractivity contribution in [1.29, 1.82) is 0 Å². The van der Waals surface area contributed by atoms with Crippen molar-refractivity contribution in [1.82, 2.24) is 30.6 Å². The van der Waals surface area contributed by atoms with Crippen LogP contribution in [0.1, 0.15) is 19.8 Å². The van der Waals surface area contributed by atoms with Gasteiger partial charge in [0.2, 0.25) is 11.8 Å². The van der Waals surface area contributed by atoms with E-state index in [0.29, 0.717) is 11.9 Å². The fourth-order valence-electron chi connectivity index (χ4n) is 3.08. The van der Waals surface area contributed by atoms with Crippen molar-refractivity contribution in [3.8, 4) is 11.4 Å². The lowest BCUT2D eigenvalue weighted by Crippen LogP contribution is -2.34. The van der Waals surface area contributed by atoms with Crippen molar-refractivity contribution in [2.75, 3.05) is 22.7 Å². The summed E-state index contributed by atoms with van der Waals surface area (Å²) < 4.78 is 41.8. The zero-order valence-electron chi connectivity index (χ0n) is 15.6. The van der Waals surface area contributed by atoms with Gasteiger partial charge in [-0.3, -0.25) is 4.72 Å². The molecule has 0 radical (unpaired) electrons. The molecule has 10 nitrogen and oxygen atoms in total. The highest BCUT2D eigenvalue weighted by molar-refractivity contribution is 7.92. The van der Waals surface area contributed by atoms with Crippen molar-refractivity contribution < 1.29 is 12.8 Å². The Balaban J connectivity index is 1.52. The average molecular weight is 418 g/mol. The van der Waals surface area contributed by atoms with Crippen LogP contribution in [0.15, 0.2) is 35.5 Å². The number of aromatic amines is 1. The number of H-pyrrole nitrogens is 1. The number of hydrogen-bond donors (Lipinski definition) is 2. The molecule has 1 aliphatic heterocycles. The smallest absolute Gasteiger partial charge is 0.262 e. The van der Waals surface area contributed by atoms with Crippen LogP contribution in [0.25, 0.3) is 11.4 Å². The van der Waals surface area contributed by atoms with Gasteiger partial charge in [0.05, 0.1) is 28.5 Å². The number of anilines is 2. The molecule has 3 aromatic rings. The number of benzene rings is 1. The van der Waals surface area contributed by atoms with Gasteiger partial charge in [-0.2, -0.15) is 5.21 Å². The van der Waals surface area contributed by atoms with Gasteiger partial charge in [-0.1, -0.05) is 6.92 Å². The third-order valence-electron chi connectivity index (χ3n) is 4.79. The zero-order chi connectivity index (χ0) is 20.4. The molecule has 29 heavy (non-hydrogen) atoms. The lowest BCUT2D eigenvalue weighted by Gasteiger charge is -2.30. The number of hydrogen-bond acceptors (Lipinski definition) is 8. The van der Waals surface area contributed by atoms with Crippen molar-refractivity contribution in [3.63, 3.8) is 0 Å². The molecule has 0 amide bonds. The topological polar surface area (TPSA) is 130 Å². The number of rotatable bonds is 5. The van der Waals surface area contributed by atoms with Crippen LogP contribution >= 0.6 is 0 Å². The summed E-state index contributed by atoms with van der Waals surface area (Å²) in [7, 11) is -3.99. The Kier molecular flexibility index (Phi) is 5.09. The van der Waals surface area contributed by atoms with Gasteiger partial charge in [-0.15, -0.1) is 10.2 Å². The Morgan fingerprint density at radius 2 is 1.93 bits per heavy atom. The van der Waals surface area contributed by atoms with E-state index in [1.54, 1.807) is 0 Å². The molecular weight excluding hydrogens is 399 g/mol. The second kappa shape index (κ2) is 7.70. The first-order valence-corrected chi connectivity index (χ1v) is 10.5. The van der Waals surface area contributed by atoms with Crippen LogP contribution in [0.3, 0.4) is 0 Å². The monoisotopic (exact) mass is 418 g/mol. The van der Waals surface area contributed by atoms with Crippen LogP contribution in [-0.2, 0) is 10.0 Å². The predicted octanol–water partition coefficient (Wildman–Crippen LogP) is 1.83. The van der Waals surface area contributed by atoms with Crippen LogP contribution in [0, 0.1) is 11.7 Å². The minimum Gasteiger partial charge on any atom is -0.341 e. The molecule has 0 atom stereocenters. The first-order valence-electron chi connectivity index (χ1n) is 9.05. The van der Waals surface area contributed by atoms with Gasteiger partial charge < -0.3 is 4.90 Å².